The minimum Gasteiger partial charge on any atom is -0.394 e. The summed E-state index contributed by atoms with van der Waals surface area (Å²) in [7, 11) is 1.82. The van der Waals surface area contributed by atoms with Gasteiger partial charge in [0.15, 0.2) is 0 Å². The van der Waals surface area contributed by atoms with Crippen LogP contribution in [0.2, 0.25) is 0 Å². The molecule has 0 aliphatic heterocycles. The molecule has 0 amide bonds. The number of nitrogens with zero attached hydrogens (tertiary/aromatic N) is 2. The van der Waals surface area contributed by atoms with E-state index < -0.39 is 0 Å². The summed E-state index contributed by atoms with van der Waals surface area (Å²) < 4.78 is 0. The molecule has 1 aromatic rings. The van der Waals surface area contributed by atoms with Gasteiger partial charge in [-0.3, -0.25) is 4.98 Å². The molecule has 5 heteroatoms. The van der Waals surface area contributed by atoms with Gasteiger partial charge in [-0.25, -0.2) is 4.98 Å². The third-order valence-electron chi connectivity index (χ3n) is 3.40. The molecule has 0 bridgehead atoms. The van der Waals surface area contributed by atoms with Crippen molar-refractivity contribution in [1.82, 2.24) is 9.97 Å². The van der Waals surface area contributed by atoms with Crippen LogP contribution in [0.15, 0.2) is 12.4 Å². The summed E-state index contributed by atoms with van der Waals surface area (Å²) in [4.78, 5) is 8.50. The maximum atomic E-state index is 9.60. The fourth-order valence-electron chi connectivity index (χ4n) is 2.37. The number of hydrogen-bond donors (Lipinski definition) is 3. The maximum absolute atomic E-state index is 9.60. The number of nitrogens with one attached hydrogen (secondary N) is 2. The summed E-state index contributed by atoms with van der Waals surface area (Å²) >= 11 is 0. The van der Waals surface area contributed by atoms with Crippen LogP contribution in [0.5, 0.6) is 0 Å². The second-order valence-corrected chi connectivity index (χ2v) is 4.66. The second kappa shape index (κ2) is 5.31. The molecule has 5 nitrogen and oxygen atoms in total. The predicted octanol–water partition coefficient (Wildman–Crippen LogP) is 1.63. The Morgan fingerprint density at radius 3 is 2.59 bits per heavy atom. The minimum absolute atomic E-state index is 0.151. The summed E-state index contributed by atoms with van der Waals surface area (Å²) in [6, 6.07) is 0. The zero-order valence-electron chi connectivity index (χ0n) is 10.2. The van der Waals surface area contributed by atoms with Gasteiger partial charge in [-0.2, -0.15) is 0 Å². The van der Waals surface area contributed by atoms with Crippen LogP contribution in [0.25, 0.3) is 0 Å². The van der Waals surface area contributed by atoms with Crippen molar-refractivity contribution in [3.63, 3.8) is 0 Å². The molecule has 94 valence electrons. The molecule has 0 spiro atoms. The highest BCUT2D eigenvalue weighted by Crippen LogP contribution is 2.30. The van der Waals surface area contributed by atoms with Crippen LogP contribution in [0.4, 0.5) is 11.6 Å². The lowest BCUT2D eigenvalue weighted by Gasteiger charge is -2.36. The van der Waals surface area contributed by atoms with E-state index in [0.717, 1.165) is 37.3 Å². The molecule has 17 heavy (non-hydrogen) atoms. The van der Waals surface area contributed by atoms with Gasteiger partial charge in [-0.1, -0.05) is 19.3 Å². The monoisotopic (exact) mass is 236 g/mol. The largest absolute Gasteiger partial charge is 0.394 e. The fourth-order valence-corrected chi connectivity index (χ4v) is 2.37. The number of aliphatic hydroxyl groups is 1. The number of hydrogen-bond acceptors (Lipinski definition) is 5. The van der Waals surface area contributed by atoms with Crippen molar-refractivity contribution >= 4 is 11.6 Å². The average molecular weight is 236 g/mol. The van der Waals surface area contributed by atoms with Crippen LogP contribution in [0, 0.1) is 0 Å². The maximum Gasteiger partial charge on any atom is 0.147 e. The molecule has 0 saturated heterocycles. The number of anilines is 2. The molecule has 1 heterocycles. The van der Waals surface area contributed by atoms with Crippen LogP contribution in [-0.4, -0.2) is 34.3 Å². The Morgan fingerprint density at radius 2 is 1.94 bits per heavy atom. The van der Waals surface area contributed by atoms with Gasteiger partial charge in [0.1, 0.15) is 11.6 Å². The molecule has 2 rings (SSSR count). The van der Waals surface area contributed by atoms with Crippen molar-refractivity contribution in [3.05, 3.63) is 12.4 Å². The van der Waals surface area contributed by atoms with Crippen molar-refractivity contribution in [2.75, 3.05) is 24.3 Å². The molecule has 1 aliphatic carbocycles. The molecule has 0 atom stereocenters. The lowest BCUT2D eigenvalue weighted by molar-refractivity contribution is 0.172. The molecular formula is C12H20N4O. The zero-order valence-corrected chi connectivity index (χ0v) is 10.2. The first-order valence-corrected chi connectivity index (χ1v) is 6.17. The van der Waals surface area contributed by atoms with Gasteiger partial charge in [0.2, 0.25) is 0 Å². The highest BCUT2D eigenvalue weighted by Gasteiger charge is 2.31. The van der Waals surface area contributed by atoms with Gasteiger partial charge >= 0.3 is 0 Å². The van der Waals surface area contributed by atoms with E-state index in [-0.39, 0.29) is 12.1 Å². The van der Waals surface area contributed by atoms with Crippen LogP contribution in [0.1, 0.15) is 32.1 Å². The lowest BCUT2D eigenvalue weighted by Crippen LogP contribution is -2.44. The molecule has 1 saturated carbocycles. The first kappa shape index (κ1) is 12.1. The smallest absolute Gasteiger partial charge is 0.147 e. The fraction of sp³-hybridized carbons (Fsp3) is 0.667. The predicted molar refractivity (Wildman–Crippen MR) is 68.1 cm³/mol. The average Bonchev–Trinajstić information content (AvgIpc) is 2.40. The van der Waals surface area contributed by atoms with Crippen LogP contribution in [-0.2, 0) is 0 Å². The summed E-state index contributed by atoms with van der Waals surface area (Å²) in [6.07, 6.45) is 8.94. The highest BCUT2D eigenvalue weighted by atomic mass is 16.3. The zero-order chi connectivity index (χ0) is 12.1. The van der Waals surface area contributed by atoms with Crippen molar-refractivity contribution in [3.8, 4) is 0 Å². The van der Waals surface area contributed by atoms with Gasteiger partial charge in [0.25, 0.3) is 0 Å². The molecule has 0 aromatic carbocycles. The summed E-state index contributed by atoms with van der Waals surface area (Å²) in [5.41, 5.74) is -0.209. The number of aromatic nitrogens is 2. The quantitative estimate of drug-likeness (QED) is 0.741. The lowest BCUT2D eigenvalue weighted by atomic mass is 9.82. The first-order chi connectivity index (χ1) is 8.28. The Kier molecular flexibility index (Phi) is 3.78. The standard InChI is InChI=1S/C12H20N4O/c1-13-10-7-14-8-11(15-10)16-12(9-17)5-3-2-4-6-12/h7-8,17H,2-6,9H2,1H3,(H2,13,15,16). The Hall–Kier alpha value is -1.36. The van der Waals surface area contributed by atoms with E-state index in [1.54, 1.807) is 12.4 Å². The van der Waals surface area contributed by atoms with Crippen LogP contribution < -0.4 is 10.6 Å². The van der Waals surface area contributed by atoms with Gasteiger partial charge in [-0.05, 0) is 12.8 Å². The Bertz CT molecular complexity index is 363. The molecule has 0 radical (unpaired) electrons. The van der Waals surface area contributed by atoms with E-state index in [4.69, 9.17) is 0 Å². The minimum atomic E-state index is -0.209. The SMILES string of the molecule is CNc1cncc(NC2(CO)CCCCC2)n1. The van der Waals surface area contributed by atoms with Gasteiger partial charge in [0.05, 0.1) is 24.5 Å². The van der Waals surface area contributed by atoms with Crippen LogP contribution >= 0.6 is 0 Å². The molecule has 0 unspecified atom stereocenters. The molecule has 1 fully saturated rings. The van der Waals surface area contributed by atoms with Gasteiger partial charge < -0.3 is 15.7 Å². The van der Waals surface area contributed by atoms with E-state index in [1.165, 1.54) is 6.42 Å². The Balaban J connectivity index is 2.11. The second-order valence-electron chi connectivity index (χ2n) is 4.66. The normalized spacial score (nSPS) is 18.7. The molecular weight excluding hydrogens is 216 g/mol. The number of aliphatic hydroxyl groups excluding tert-OH is 1. The summed E-state index contributed by atoms with van der Waals surface area (Å²) in [5.74, 6) is 1.46. The van der Waals surface area contributed by atoms with E-state index in [2.05, 4.69) is 20.6 Å². The van der Waals surface area contributed by atoms with Gasteiger partial charge in [-0.15, -0.1) is 0 Å². The van der Waals surface area contributed by atoms with E-state index in [0.29, 0.717) is 0 Å². The molecule has 1 aliphatic rings. The summed E-state index contributed by atoms with van der Waals surface area (Å²) in [6.45, 7) is 0.151. The van der Waals surface area contributed by atoms with E-state index in [1.807, 2.05) is 7.05 Å². The molecule has 1 aromatic heterocycles. The highest BCUT2D eigenvalue weighted by molar-refractivity contribution is 5.43. The molecule has 3 N–H and O–H groups in total. The van der Waals surface area contributed by atoms with Crippen LogP contribution in [0.3, 0.4) is 0 Å². The van der Waals surface area contributed by atoms with Crippen molar-refractivity contribution in [2.45, 2.75) is 37.6 Å². The van der Waals surface area contributed by atoms with E-state index in [9.17, 15) is 5.11 Å². The van der Waals surface area contributed by atoms with Crippen molar-refractivity contribution < 1.29 is 5.11 Å². The third-order valence-corrected chi connectivity index (χ3v) is 3.40. The summed E-state index contributed by atoms with van der Waals surface area (Å²) in [5, 5.41) is 15.9. The topological polar surface area (TPSA) is 70.1 Å². The van der Waals surface area contributed by atoms with E-state index >= 15 is 0 Å². The van der Waals surface area contributed by atoms with Gasteiger partial charge in [0, 0.05) is 7.05 Å². The Morgan fingerprint density at radius 1 is 1.24 bits per heavy atom. The number of rotatable bonds is 4. The van der Waals surface area contributed by atoms with Crippen molar-refractivity contribution in [1.29, 1.82) is 0 Å². The van der Waals surface area contributed by atoms with Crippen molar-refractivity contribution in [2.24, 2.45) is 0 Å². The third kappa shape index (κ3) is 2.85. The first-order valence-electron chi connectivity index (χ1n) is 6.17. The Labute approximate surface area is 102 Å².